The molecular formula is C55H102N3O8+3. The summed E-state index contributed by atoms with van der Waals surface area (Å²) in [6, 6.07) is 0. The first-order chi connectivity index (χ1) is 30.9. The maximum Gasteiger partial charge on any atom is 0.306 e. The molecule has 0 bridgehead atoms. The monoisotopic (exact) mass is 933 g/mol. The van der Waals surface area contributed by atoms with Crippen molar-refractivity contribution in [1.29, 1.82) is 0 Å². The molecule has 0 amide bonds. The first-order valence-electron chi connectivity index (χ1n) is 27.0. The van der Waals surface area contributed by atoms with E-state index in [-0.39, 0.29) is 88.5 Å². The summed E-state index contributed by atoms with van der Waals surface area (Å²) in [4.78, 5) is 54.3. The van der Waals surface area contributed by atoms with Crippen molar-refractivity contribution in [2.24, 2.45) is 46.3 Å². The van der Waals surface area contributed by atoms with Gasteiger partial charge in [0.05, 0.1) is 109 Å². The van der Waals surface area contributed by atoms with E-state index in [0.717, 1.165) is 117 Å². The number of carbonyl (C=O) groups is 4. The fourth-order valence-corrected chi connectivity index (χ4v) is 13.3. The van der Waals surface area contributed by atoms with Crippen LogP contribution in [0.4, 0.5) is 0 Å². The molecule has 4 aliphatic rings. The van der Waals surface area contributed by atoms with E-state index in [1.54, 1.807) is 0 Å². The van der Waals surface area contributed by atoms with Crippen LogP contribution >= 0.6 is 0 Å². The van der Waals surface area contributed by atoms with Crippen LogP contribution in [-0.2, 0) is 38.1 Å². The Bertz CT molecular complexity index is 1530. The Morgan fingerprint density at radius 1 is 0.576 bits per heavy atom. The van der Waals surface area contributed by atoms with Crippen LogP contribution in [-0.4, -0.2) is 145 Å². The third kappa shape index (κ3) is 17.0. The van der Waals surface area contributed by atoms with Crippen LogP contribution in [0.3, 0.4) is 0 Å². The third-order valence-electron chi connectivity index (χ3n) is 17.0. The molecule has 0 aromatic heterocycles. The third-order valence-corrected chi connectivity index (χ3v) is 17.0. The van der Waals surface area contributed by atoms with Crippen LogP contribution in [0.5, 0.6) is 0 Å². The number of nitrogens with zero attached hydrogens (tertiary/aromatic N) is 3. The lowest BCUT2D eigenvalue weighted by atomic mass is 9.43. The Kier molecular flexibility index (Phi) is 21.4. The van der Waals surface area contributed by atoms with Crippen molar-refractivity contribution in [2.45, 2.75) is 194 Å². The van der Waals surface area contributed by atoms with Crippen LogP contribution < -0.4 is 0 Å². The van der Waals surface area contributed by atoms with E-state index in [9.17, 15) is 19.2 Å². The SMILES string of the molecule is CCCCCCCCCCOC(=O)CC[C@@H](C)[C@H]1CC[C@H]2[C@@H]3[C@H](OC(=O)CCC[N+](C)(C)C)C[C@@H]4C[C@H](OC(=O)CCC[N+](C)(C)C)CC[C@]4(C)[C@H]3C[C@H](OC(=O)CCC[N+](C)(C)C)[C@]12C. The number of fused-ring (bicyclic) bond motifs is 5. The van der Waals surface area contributed by atoms with E-state index in [0.29, 0.717) is 32.3 Å². The van der Waals surface area contributed by atoms with E-state index in [4.69, 9.17) is 18.9 Å². The van der Waals surface area contributed by atoms with Gasteiger partial charge in [0.15, 0.2) is 0 Å². The molecule has 0 saturated heterocycles. The molecule has 0 radical (unpaired) electrons. The molecule has 66 heavy (non-hydrogen) atoms. The highest BCUT2D eigenvalue weighted by atomic mass is 16.6. The van der Waals surface area contributed by atoms with Crippen LogP contribution in [0, 0.1) is 46.3 Å². The highest BCUT2D eigenvalue weighted by Gasteiger charge is 2.68. The minimum atomic E-state index is -0.340. The molecule has 382 valence electrons. The summed E-state index contributed by atoms with van der Waals surface area (Å²) in [6.07, 6.45) is 19.6. The fraction of sp³-hybridized carbons (Fsp3) is 0.927. The van der Waals surface area contributed by atoms with Crippen LogP contribution in [0.1, 0.15) is 175 Å². The molecule has 0 aromatic carbocycles. The zero-order valence-corrected chi connectivity index (χ0v) is 44.9. The van der Waals surface area contributed by atoms with E-state index in [2.05, 4.69) is 91.1 Å². The van der Waals surface area contributed by atoms with Gasteiger partial charge in [0.2, 0.25) is 0 Å². The molecule has 0 aliphatic heterocycles. The molecule has 11 nitrogen and oxygen atoms in total. The smallest absolute Gasteiger partial charge is 0.306 e. The van der Waals surface area contributed by atoms with Crippen LogP contribution in [0.2, 0.25) is 0 Å². The van der Waals surface area contributed by atoms with Gasteiger partial charge in [-0.05, 0) is 92.8 Å². The number of hydrogen-bond donors (Lipinski definition) is 0. The maximum atomic E-state index is 14.0. The van der Waals surface area contributed by atoms with Gasteiger partial charge in [-0.25, -0.2) is 0 Å². The van der Waals surface area contributed by atoms with Gasteiger partial charge in [0.1, 0.15) is 18.3 Å². The number of quaternary nitrogens is 3. The maximum absolute atomic E-state index is 14.0. The standard InChI is InChI=1S/C55H102N3O8/c1-14-15-16-17-18-19-20-21-37-63-49(59)31-28-41(2)44-29-30-45-53-46(40-48(55(44,45)4)66-52(62)27-24-36-58(11,12)13)54(3)33-32-43(64-50(60)25-22-34-56(5,6)7)38-42(54)39-47(53)65-51(61)26-23-35-57(8,9)10/h41-48,53H,14-40H2,1-13H3/q+3/t41-,42+,43-,44-,45+,46+,47-,48+,53+,54+,55-/m1/s1. The summed E-state index contributed by atoms with van der Waals surface area (Å²) in [5.41, 5.74) is -0.421. The second-order valence-electron chi connectivity index (χ2n) is 25.5. The molecule has 0 N–H and O–H groups in total. The van der Waals surface area contributed by atoms with Crippen molar-refractivity contribution in [2.75, 3.05) is 89.7 Å². The molecule has 4 saturated carbocycles. The lowest BCUT2D eigenvalue weighted by Gasteiger charge is -2.64. The van der Waals surface area contributed by atoms with Gasteiger partial charge in [0.25, 0.3) is 0 Å². The van der Waals surface area contributed by atoms with Crippen molar-refractivity contribution in [3.8, 4) is 0 Å². The number of esters is 4. The molecule has 0 unspecified atom stereocenters. The quantitative estimate of drug-likeness (QED) is 0.0331. The van der Waals surface area contributed by atoms with Crippen LogP contribution in [0.15, 0.2) is 0 Å². The predicted octanol–water partition coefficient (Wildman–Crippen LogP) is 10.2. The van der Waals surface area contributed by atoms with Crippen molar-refractivity contribution >= 4 is 23.9 Å². The topological polar surface area (TPSA) is 105 Å². The summed E-state index contributed by atoms with van der Waals surface area (Å²) in [7, 11) is 19.4. The lowest BCUT2D eigenvalue weighted by molar-refractivity contribution is -0.870. The van der Waals surface area contributed by atoms with E-state index in [1.165, 1.54) is 38.5 Å². The van der Waals surface area contributed by atoms with Gasteiger partial charge in [-0.15, -0.1) is 0 Å². The zero-order valence-electron chi connectivity index (χ0n) is 44.9. The minimum Gasteiger partial charge on any atom is -0.466 e. The van der Waals surface area contributed by atoms with Gasteiger partial charge in [-0.1, -0.05) is 72.6 Å². The van der Waals surface area contributed by atoms with Gasteiger partial charge < -0.3 is 32.4 Å². The Morgan fingerprint density at radius 2 is 1.11 bits per heavy atom. The molecular weight excluding hydrogens is 831 g/mol. The lowest BCUT2D eigenvalue weighted by Crippen LogP contribution is -2.63. The summed E-state index contributed by atoms with van der Waals surface area (Å²) in [5.74, 6) is 0.732. The Morgan fingerprint density at radius 3 is 1.67 bits per heavy atom. The molecule has 11 atom stereocenters. The Hall–Kier alpha value is -2.24. The number of hydrogen-bond acceptors (Lipinski definition) is 8. The second kappa shape index (κ2) is 25.0. The number of carbonyl (C=O) groups excluding carboxylic acids is 4. The summed E-state index contributed by atoms with van der Waals surface area (Å²) in [6.45, 7) is 12.6. The zero-order chi connectivity index (χ0) is 48.9. The molecule has 0 spiro atoms. The van der Waals surface area contributed by atoms with Gasteiger partial charge in [-0.3, -0.25) is 19.2 Å². The van der Waals surface area contributed by atoms with Gasteiger partial charge >= 0.3 is 23.9 Å². The number of ether oxygens (including phenoxy) is 4. The van der Waals surface area contributed by atoms with E-state index in [1.807, 2.05) is 0 Å². The molecule has 0 aromatic rings. The Balaban J connectivity index is 1.56. The van der Waals surface area contributed by atoms with Crippen molar-refractivity contribution in [3.05, 3.63) is 0 Å². The molecule has 0 heterocycles. The number of rotatable bonds is 28. The first kappa shape index (κ1) is 56.3. The van der Waals surface area contributed by atoms with E-state index < -0.39 is 0 Å². The molecule has 4 fully saturated rings. The fourth-order valence-electron chi connectivity index (χ4n) is 13.3. The minimum absolute atomic E-state index is 0.0812. The first-order valence-corrected chi connectivity index (χ1v) is 27.0. The summed E-state index contributed by atoms with van der Waals surface area (Å²) < 4.78 is 28.0. The molecule has 11 heteroatoms. The van der Waals surface area contributed by atoms with Crippen LogP contribution in [0.25, 0.3) is 0 Å². The van der Waals surface area contributed by atoms with Gasteiger partial charge in [0, 0.05) is 37.0 Å². The van der Waals surface area contributed by atoms with Crippen molar-refractivity contribution in [3.63, 3.8) is 0 Å². The summed E-state index contributed by atoms with van der Waals surface area (Å²) >= 11 is 0. The Labute approximate surface area is 403 Å². The average molecular weight is 933 g/mol. The average Bonchev–Trinajstić information content (AvgIpc) is 3.56. The normalized spacial score (nSPS) is 30.4. The second-order valence-corrected chi connectivity index (χ2v) is 25.5. The van der Waals surface area contributed by atoms with Crippen molar-refractivity contribution in [1.82, 2.24) is 0 Å². The van der Waals surface area contributed by atoms with Gasteiger partial charge in [-0.2, -0.15) is 0 Å². The number of unbranched alkanes of at least 4 members (excludes halogenated alkanes) is 7. The predicted molar refractivity (Wildman–Crippen MR) is 264 cm³/mol. The molecule has 4 rings (SSSR count). The van der Waals surface area contributed by atoms with Crippen molar-refractivity contribution < 1.29 is 51.6 Å². The molecule has 4 aliphatic carbocycles. The summed E-state index contributed by atoms with van der Waals surface area (Å²) in [5, 5.41) is 0. The highest BCUT2D eigenvalue weighted by Crippen LogP contribution is 2.69. The highest BCUT2D eigenvalue weighted by molar-refractivity contribution is 5.70. The largest absolute Gasteiger partial charge is 0.466 e. The van der Waals surface area contributed by atoms with E-state index >= 15 is 0 Å².